The summed E-state index contributed by atoms with van der Waals surface area (Å²) in [6.07, 6.45) is 0.924. The molecule has 4 nitrogen and oxygen atoms in total. The predicted molar refractivity (Wildman–Crippen MR) is 67.6 cm³/mol. The molecule has 0 radical (unpaired) electrons. The van der Waals surface area contributed by atoms with Crippen LogP contribution in [-0.4, -0.2) is 33.0 Å². The van der Waals surface area contributed by atoms with Gasteiger partial charge in [-0.2, -0.15) is 0 Å². The normalized spacial score (nSPS) is 12.2. The van der Waals surface area contributed by atoms with Gasteiger partial charge in [0, 0.05) is 6.04 Å². The number of hydrogen-bond acceptors (Lipinski definition) is 4. The van der Waals surface area contributed by atoms with E-state index in [0.29, 0.717) is 19.8 Å². The maximum atomic E-state index is 5.73. The van der Waals surface area contributed by atoms with E-state index in [1.165, 1.54) is 0 Å². The van der Waals surface area contributed by atoms with Gasteiger partial charge in [-0.1, -0.05) is 19.1 Å². The molecule has 0 heterocycles. The molecule has 0 aliphatic carbocycles. The molecule has 4 heteroatoms. The van der Waals surface area contributed by atoms with Crippen LogP contribution in [-0.2, 0) is 4.74 Å². The minimum absolute atomic E-state index is 0.112. The summed E-state index contributed by atoms with van der Waals surface area (Å²) in [5.41, 5.74) is 5.73. The average Bonchev–Trinajstić information content (AvgIpc) is 2.38. The van der Waals surface area contributed by atoms with E-state index in [1.807, 2.05) is 31.2 Å². The van der Waals surface area contributed by atoms with Crippen molar-refractivity contribution in [3.05, 3.63) is 24.3 Å². The van der Waals surface area contributed by atoms with Crippen molar-refractivity contribution < 1.29 is 14.2 Å². The van der Waals surface area contributed by atoms with E-state index in [-0.39, 0.29) is 6.04 Å². The van der Waals surface area contributed by atoms with E-state index < -0.39 is 0 Å². The third kappa shape index (κ3) is 5.06. The lowest BCUT2D eigenvalue weighted by atomic mass is 10.3. The lowest BCUT2D eigenvalue weighted by Crippen LogP contribution is -2.26. The van der Waals surface area contributed by atoms with Crippen LogP contribution >= 0.6 is 0 Å². The molecule has 0 fully saturated rings. The monoisotopic (exact) mass is 239 g/mol. The first-order valence-corrected chi connectivity index (χ1v) is 5.87. The van der Waals surface area contributed by atoms with E-state index in [1.54, 1.807) is 7.11 Å². The fraction of sp³-hybridized carbons (Fsp3) is 0.538. The summed E-state index contributed by atoms with van der Waals surface area (Å²) in [4.78, 5) is 0. The lowest BCUT2D eigenvalue weighted by Gasteiger charge is -2.12. The maximum absolute atomic E-state index is 5.73. The van der Waals surface area contributed by atoms with Gasteiger partial charge in [0.05, 0.1) is 20.3 Å². The van der Waals surface area contributed by atoms with Gasteiger partial charge in [0.15, 0.2) is 11.5 Å². The molecule has 1 atom stereocenters. The van der Waals surface area contributed by atoms with Gasteiger partial charge in [-0.3, -0.25) is 0 Å². The smallest absolute Gasteiger partial charge is 0.161 e. The molecule has 0 amide bonds. The summed E-state index contributed by atoms with van der Waals surface area (Å²) in [5.74, 6) is 1.47. The third-order valence-electron chi connectivity index (χ3n) is 2.41. The number of rotatable bonds is 8. The first-order chi connectivity index (χ1) is 8.27. The Hall–Kier alpha value is -1.26. The van der Waals surface area contributed by atoms with E-state index in [9.17, 15) is 0 Å². The molecular weight excluding hydrogens is 218 g/mol. The Morgan fingerprint density at radius 3 is 2.53 bits per heavy atom. The van der Waals surface area contributed by atoms with Crippen LogP contribution in [0.2, 0.25) is 0 Å². The zero-order valence-corrected chi connectivity index (χ0v) is 10.5. The molecule has 1 aromatic carbocycles. The number of methoxy groups -OCH3 is 1. The molecule has 17 heavy (non-hydrogen) atoms. The van der Waals surface area contributed by atoms with Crippen LogP contribution in [0.3, 0.4) is 0 Å². The van der Waals surface area contributed by atoms with Crippen molar-refractivity contribution in [3.8, 4) is 11.5 Å². The van der Waals surface area contributed by atoms with Crippen molar-refractivity contribution in [2.75, 3.05) is 26.9 Å². The first kappa shape index (κ1) is 13.8. The highest BCUT2D eigenvalue weighted by atomic mass is 16.5. The number of benzene rings is 1. The summed E-state index contributed by atoms with van der Waals surface area (Å²) in [7, 11) is 1.62. The van der Waals surface area contributed by atoms with Gasteiger partial charge in [0.2, 0.25) is 0 Å². The van der Waals surface area contributed by atoms with Gasteiger partial charge in [-0.15, -0.1) is 0 Å². The molecule has 0 saturated carbocycles. The number of ether oxygens (including phenoxy) is 3. The van der Waals surface area contributed by atoms with Crippen molar-refractivity contribution in [1.29, 1.82) is 0 Å². The van der Waals surface area contributed by atoms with Crippen molar-refractivity contribution >= 4 is 0 Å². The summed E-state index contributed by atoms with van der Waals surface area (Å²) in [5, 5.41) is 0. The lowest BCUT2D eigenvalue weighted by molar-refractivity contribution is 0.0888. The van der Waals surface area contributed by atoms with Crippen molar-refractivity contribution in [2.24, 2.45) is 5.73 Å². The van der Waals surface area contributed by atoms with Crippen LogP contribution in [0.1, 0.15) is 13.3 Å². The molecule has 0 aliphatic heterocycles. The van der Waals surface area contributed by atoms with E-state index in [2.05, 4.69) is 0 Å². The van der Waals surface area contributed by atoms with Crippen molar-refractivity contribution in [2.45, 2.75) is 19.4 Å². The molecular formula is C13H21NO3. The van der Waals surface area contributed by atoms with Crippen LogP contribution in [0.25, 0.3) is 0 Å². The highest BCUT2D eigenvalue weighted by Gasteiger charge is 2.02. The van der Waals surface area contributed by atoms with Crippen LogP contribution < -0.4 is 15.2 Å². The molecule has 1 unspecified atom stereocenters. The quantitative estimate of drug-likeness (QED) is 0.703. The fourth-order valence-electron chi connectivity index (χ4n) is 1.30. The summed E-state index contributed by atoms with van der Waals surface area (Å²) in [6.45, 7) is 3.65. The maximum Gasteiger partial charge on any atom is 0.161 e. The standard InChI is InChI=1S/C13H21NO3/c1-3-11(14)10-16-8-9-17-13-7-5-4-6-12(13)15-2/h4-7,11H,3,8-10,14H2,1-2H3. The fourth-order valence-corrected chi connectivity index (χ4v) is 1.30. The third-order valence-corrected chi connectivity index (χ3v) is 2.41. The van der Waals surface area contributed by atoms with Gasteiger partial charge in [0.25, 0.3) is 0 Å². The molecule has 0 bridgehead atoms. The molecule has 0 aromatic heterocycles. The second-order valence-electron chi connectivity index (χ2n) is 3.74. The summed E-state index contributed by atoms with van der Waals surface area (Å²) in [6, 6.07) is 7.66. The van der Waals surface area contributed by atoms with Crippen molar-refractivity contribution in [1.82, 2.24) is 0 Å². The number of nitrogens with two attached hydrogens (primary N) is 1. The van der Waals surface area contributed by atoms with Gasteiger partial charge >= 0.3 is 0 Å². The first-order valence-electron chi connectivity index (χ1n) is 5.87. The Bertz CT molecular complexity index is 317. The van der Waals surface area contributed by atoms with Gasteiger partial charge in [-0.05, 0) is 18.6 Å². The zero-order valence-electron chi connectivity index (χ0n) is 10.5. The largest absolute Gasteiger partial charge is 0.493 e. The SMILES string of the molecule is CCC(N)COCCOc1ccccc1OC. The zero-order chi connectivity index (χ0) is 12.5. The van der Waals surface area contributed by atoms with Crippen LogP contribution in [0.5, 0.6) is 11.5 Å². The van der Waals surface area contributed by atoms with E-state index >= 15 is 0 Å². The Morgan fingerprint density at radius 2 is 1.88 bits per heavy atom. The second-order valence-corrected chi connectivity index (χ2v) is 3.74. The molecule has 0 aliphatic rings. The molecule has 2 N–H and O–H groups in total. The van der Waals surface area contributed by atoms with Gasteiger partial charge in [-0.25, -0.2) is 0 Å². The van der Waals surface area contributed by atoms with Crippen LogP contribution in [0, 0.1) is 0 Å². The van der Waals surface area contributed by atoms with Gasteiger partial charge < -0.3 is 19.9 Å². The highest BCUT2D eigenvalue weighted by molar-refractivity contribution is 5.39. The minimum atomic E-state index is 0.112. The highest BCUT2D eigenvalue weighted by Crippen LogP contribution is 2.25. The molecule has 96 valence electrons. The average molecular weight is 239 g/mol. The topological polar surface area (TPSA) is 53.7 Å². The second kappa shape index (κ2) is 7.92. The predicted octanol–water partition coefficient (Wildman–Crippen LogP) is 1.83. The molecule has 0 saturated heterocycles. The number of para-hydroxylation sites is 2. The molecule has 1 aromatic rings. The van der Waals surface area contributed by atoms with Crippen LogP contribution in [0.15, 0.2) is 24.3 Å². The Morgan fingerprint density at radius 1 is 1.18 bits per heavy atom. The number of hydrogen-bond donors (Lipinski definition) is 1. The van der Waals surface area contributed by atoms with E-state index in [0.717, 1.165) is 17.9 Å². The van der Waals surface area contributed by atoms with Crippen LogP contribution in [0.4, 0.5) is 0 Å². The summed E-state index contributed by atoms with van der Waals surface area (Å²) < 4.78 is 16.1. The molecule has 1 rings (SSSR count). The Labute approximate surface area is 103 Å². The Balaban J connectivity index is 2.22. The van der Waals surface area contributed by atoms with Gasteiger partial charge in [0.1, 0.15) is 6.61 Å². The van der Waals surface area contributed by atoms with E-state index in [4.69, 9.17) is 19.9 Å². The Kier molecular flexibility index (Phi) is 6.43. The van der Waals surface area contributed by atoms with Crippen molar-refractivity contribution in [3.63, 3.8) is 0 Å². The molecule has 0 spiro atoms. The minimum Gasteiger partial charge on any atom is -0.493 e. The summed E-state index contributed by atoms with van der Waals surface area (Å²) >= 11 is 0.